The van der Waals surface area contributed by atoms with Gasteiger partial charge < -0.3 is 19.9 Å². The van der Waals surface area contributed by atoms with Crippen LogP contribution < -0.4 is 14.8 Å². The average molecular weight is 321 g/mol. The molecular weight excluding hydrogens is 298 g/mol. The first kappa shape index (κ1) is 18.5. The highest BCUT2D eigenvalue weighted by Gasteiger charge is 2.17. The summed E-state index contributed by atoms with van der Waals surface area (Å²) < 4.78 is 10.4. The van der Waals surface area contributed by atoms with E-state index in [9.17, 15) is 9.59 Å². The van der Waals surface area contributed by atoms with E-state index < -0.39 is 17.9 Å². The van der Waals surface area contributed by atoms with Gasteiger partial charge in [0.05, 0.1) is 14.2 Å². The van der Waals surface area contributed by atoms with Crippen molar-refractivity contribution in [2.45, 2.75) is 32.2 Å². The first-order valence-corrected chi connectivity index (χ1v) is 7.45. The zero-order valence-corrected chi connectivity index (χ0v) is 13.7. The maximum Gasteiger partial charge on any atom is 0.326 e. The number of amides is 1. The highest BCUT2D eigenvalue weighted by molar-refractivity contribution is 5.94. The van der Waals surface area contributed by atoms with Crippen LogP contribution in [-0.4, -0.2) is 37.2 Å². The summed E-state index contributed by atoms with van der Waals surface area (Å²) in [6.45, 7) is 1.97. The summed E-state index contributed by atoms with van der Waals surface area (Å²) in [5.41, 5.74) is 0.669. The van der Waals surface area contributed by atoms with Crippen molar-refractivity contribution in [1.29, 1.82) is 0 Å². The van der Waals surface area contributed by atoms with Crippen LogP contribution in [0.1, 0.15) is 31.7 Å². The third kappa shape index (κ3) is 6.02. The van der Waals surface area contributed by atoms with E-state index in [2.05, 4.69) is 5.32 Å². The molecule has 0 saturated heterocycles. The normalized spacial score (nSPS) is 12.0. The molecule has 1 atom stereocenters. The van der Waals surface area contributed by atoms with Crippen LogP contribution in [0.5, 0.6) is 11.5 Å². The SMILES string of the molecule is CCCCC(NC(=O)/C=C/c1cc(OC)ccc1OC)C(=O)O. The number of rotatable bonds is 9. The molecule has 1 aromatic rings. The number of aliphatic carboxylic acids is 1. The lowest BCUT2D eigenvalue weighted by Gasteiger charge is -2.12. The third-order valence-corrected chi connectivity index (χ3v) is 3.31. The van der Waals surface area contributed by atoms with Gasteiger partial charge in [-0.3, -0.25) is 4.79 Å². The van der Waals surface area contributed by atoms with E-state index in [-0.39, 0.29) is 0 Å². The van der Waals surface area contributed by atoms with E-state index in [0.29, 0.717) is 23.5 Å². The minimum absolute atomic E-state index is 0.411. The van der Waals surface area contributed by atoms with Crippen LogP contribution in [0.25, 0.3) is 6.08 Å². The van der Waals surface area contributed by atoms with Gasteiger partial charge in [-0.25, -0.2) is 4.79 Å². The second-order valence-electron chi connectivity index (χ2n) is 4.98. The molecule has 0 aliphatic carbocycles. The molecule has 0 aromatic heterocycles. The Hall–Kier alpha value is -2.50. The minimum atomic E-state index is -1.03. The maximum absolute atomic E-state index is 11.9. The number of ether oxygens (including phenoxy) is 2. The number of methoxy groups -OCH3 is 2. The second kappa shape index (κ2) is 9.50. The molecule has 1 rings (SSSR count). The largest absolute Gasteiger partial charge is 0.497 e. The Labute approximate surface area is 136 Å². The fourth-order valence-corrected chi connectivity index (χ4v) is 2.02. The monoisotopic (exact) mass is 321 g/mol. The lowest BCUT2D eigenvalue weighted by Crippen LogP contribution is -2.39. The topological polar surface area (TPSA) is 84.9 Å². The molecule has 0 aliphatic heterocycles. The van der Waals surface area contributed by atoms with E-state index in [0.717, 1.165) is 12.8 Å². The van der Waals surface area contributed by atoms with Gasteiger partial charge in [-0.1, -0.05) is 19.8 Å². The second-order valence-corrected chi connectivity index (χ2v) is 4.98. The van der Waals surface area contributed by atoms with Crippen molar-refractivity contribution in [2.75, 3.05) is 14.2 Å². The number of carboxylic acid groups (broad SMARTS) is 1. The molecule has 6 nitrogen and oxygen atoms in total. The smallest absolute Gasteiger partial charge is 0.326 e. The summed E-state index contributed by atoms with van der Waals surface area (Å²) in [5.74, 6) is -0.259. The molecule has 0 saturated carbocycles. The summed E-state index contributed by atoms with van der Waals surface area (Å²) in [5, 5.41) is 11.6. The van der Waals surface area contributed by atoms with Crippen molar-refractivity contribution < 1.29 is 24.2 Å². The van der Waals surface area contributed by atoms with Gasteiger partial charge in [0.25, 0.3) is 0 Å². The molecule has 1 aromatic carbocycles. The van der Waals surface area contributed by atoms with E-state index in [1.54, 1.807) is 31.4 Å². The molecule has 2 N–H and O–H groups in total. The van der Waals surface area contributed by atoms with Gasteiger partial charge in [-0.15, -0.1) is 0 Å². The first-order chi connectivity index (χ1) is 11.0. The van der Waals surface area contributed by atoms with E-state index in [4.69, 9.17) is 14.6 Å². The first-order valence-electron chi connectivity index (χ1n) is 7.45. The molecule has 0 radical (unpaired) electrons. The summed E-state index contributed by atoms with van der Waals surface area (Å²) in [7, 11) is 3.08. The number of benzene rings is 1. The van der Waals surface area contributed by atoms with E-state index in [1.165, 1.54) is 13.2 Å². The van der Waals surface area contributed by atoms with E-state index in [1.807, 2.05) is 6.92 Å². The Morgan fingerprint density at radius 2 is 2.04 bits per heavy atom. The number of carboxylic acids is 1. The summed E-state index contributed by atoms with van der Waals surface area (Å²) in [6.07, 6.45) is 4.88. The van der Waals surface area contributed by atoms with Gasteiger partial charge in [0.1, 0.15) is 17.5 Å². The van der Waals surface area contributed by atoms with Crippen molar-refractivity contribution in [2.24, 2.45) is 0 Å². The summed E-state index contributed by atoms with van der Waals surface area (Å²) in [4.78, 5) is 23.0. The molecule has 0 spiro atoms. The average Bonchev–Trinajstić information content (AvgIpc) is 2.56. The van der Waals surface area contributed by atoms with Gasteiger partial charge in [0.15, 0.2) is 0 Å². The van der Waals surface area contributed by atoms with Gasteiger partial charge in [0, 0.05) is 11.6 Å². The number of carbonyl (C=O) groups is 2. The molecule has 126 valence electrons. The van der Waals surface area contributed by atoms with Crippen LogP contribution in [0, 0.1) is 0 Å². The number of nitrogens with one attached hydrogen (secondary N) is 1. The van der Waals surface area contributed by atoms with Crippen LogP contribution in [0.15, 0.2) is 24.3 Å². The van der Waals surface area contributed by atoms with Crippen molar-refractivity contribution in [3.63, 3.8) is 0 Å². The molecule has 6 heteroatoms. The molecular formula is C17H23NO5. The van der Waals surface area contributed by atoms with Crippen molar-refractivity contribution in [1.82, 2.24) is 5.32 Å². The molecule has 0 bridgehead atoms. The standard InChI is InChI=1S/C17H23NO5/c1-4-5-6-14(17(20)21)18-16(19)10-7-12-11-13(22-2)8-9-15(12)23-3/h7-11,14H,4-6H2,1-3H3,(H,18,19)(H,20,21)/b10-7+. The highest BCUT2D eigenvalue weighted by atomic mass is 16.5. The minimum Gasteiger partial charge on any atom is -0.497 e. The van der Waals surface area contributed by atoms with Crippen LogP contribution in [0.4, 0.5) is 0 Å². The van der Waals surface area contributed by atoms with Crippen molar-refractivity contribution in [3.8, 4) is 11.5 Å². The number of carbonyl (C=O) groups excluding carboxylic acids is 1. The Morgan fingerprint density at radius 3 is 2.61 bits per heavy atom. The number of hydrogen-bond donors (Lipinski definition) is 2. The van der Waals surface area contributed by atoms with Gasteiger partial charge in [-0.05, 0) is 30.7 Å². The van der Waals surface area contributed by atoms with Crippen molar-refractivity contribution in [3.05, 3.63) is 29.8 Å². The zero-order chi connectivity index (χ0) is 17.2. The van der Waals surface area contributed by atoms with Crippen LogP contribution in [-0.2, 0) is 9.59 Å². The molecule has 0 heterocycles. The fourth-order valence-electron chi connectivity index (χ4n) is 2.02. The lowest BCUT2D eigenvalue weighted by molar-refractivity contribution is -0.141. The fraction of sp³-hybridized carbons (Fsp3) is 0.412. The predicted molar refractivity (Wildman–Crippen MR) is 87.7 cm³/mol. The number of hydrogen-bond acceptors (Lipinski definition) is 4. The Bertz CT molecular complexity index is 568. The Kier molecular flexibility index (Phi) is 7.66. The van der Waals surface area contributed by atoms with Gasteiger partial charge in [0.2, 0.25) is 5.91 Å². The van der Waals surface area contributed by atoms with Crippen molar-refractivity contribution >= 4 is 18.0 Å². The van der Waals surface area contributed by atoms with Gasteiger partial charge >= 0.3 is 5.97 Å². The van der Waals surface area contributed by atoms with Crippen LogP contribution in [0.2, 0.25) is 0 Å². The molecule has 23 heavy (non-hydrogen) atoms. The molecule has 0 fully saturated rings. The van der Waals surface area contributed by atoms with Gasteiger partial charge in [-0.2, -0.15) is 0 Å². The highest BCUT2D eigenvalue weighted by Crippen LogP contribution is 2.24. The number of unbranched alkanes of at least 4 members (excludes halogenated alkanes) is 1. The van der Waals surface area contributed by atoms with Crippen LogP contribution in [0.3, 0.4) is 0 Å². The Balaban J connectivity index is 2.79. The van der Waals surface area contributed by atoms with Crippen LogP contribution >= 0.6 is 0 Å². The lowest BCUT2D eigenvalue weighted by atomic mass is 10.1. The quantitative estimate of drug-likeness (QED) is 0.683. The molecule has 1 unspecified atom stereocenters. The summed E-state index contributed by atoms with van der Waals surface area (Å²) in [6, 6.07) is 4.34. The Morgan fingerprint density at radius 1 is 1.30 bits per heavy atom. The third-order valence-electron chi connectivity index (χ3n) is 3.31. The summed E-state index contributed by atoms with van der Waals surface area (Å²) >= 11 is 0. The maximum atomic E-state index is 11.9. The van der Waals surface area contributed by atoms with E-state index >= 15 is 0 Å². The molecule has 0 aliphatic rings. The predicted octanol–water partition coefficient (Wildman–Crippen LogP) is 2.48. The zero-order valence-electron chi connectivity index (χ0n) is 13.7. The molecule has 1 amide bonds.